The molecule has 1 aliphatic heterocycles. The van der Waals surface area contributed by atoms with Crippen molar-refractivity contribution in [3.63, 3.8) is 0 Å². The third-order valence-electron chi connectivity index (χ3n) is 4.30. The number of allylic oxidation sites excluding steroid dienone is 1. The van der Waals surface area contributed by atoms with Crippen LogP contribution in [0.3, 0.4) is 0 Å². The molecule has 0 radical (unpaired) electrons. The van der Waals surface area contributed by atoms with Gasteiger partial charge >= 0.3 is 0 Å². The molecule has 2 rings (SSSR count). The minimum atomic E-state index is -0.0145. The first-order valence-electron chi connectivity index (χ1n) is 9.00. The lowest BCUT2D eigenvalue weighted by Gasteiger charge is -2.23. The number of carbonyl (C=O) groups excluding carboxylic acids is 1. The number of nitrogens with one attached hydrogen (secondary N) is 1. The van der Waals surface area contributed by atoms with Crippen LogP contribution in [0, 0.1) is 5.92 Å². The second-order valence-corrected chi connectivity index (χ2v) is 7.10. The third kappa shape index (κ3) is 4.62. The van der Waals surface area contributed by atoms with Gasteiger partial charge in [-0.3, -0.25) is 9.79 Å². The highest BCUT2D eigenvalue weighted by Crippen LogP contribution is 2.28. The summed E-state index contributed by atoms with van der Waals surface area (Å²) in [4.78, 5) is 19.0. The van der Waals surface area contributed by atoms with Crippen LogP contribution in [-0.2, 0) is 4.79 Å². The van der Waals surface area contributed by atoms with Crippen LogP contribution in [0.4, 0.5) is 11.4 Å². The second kappa shape index (κ2) is 8.19. The first-order valence-corrected chi connectivity index (χ1v) is 9.00. The van der Waals surface area contributed by atoms with E-state index in [-0.39, 0.29) is 5.91 Å². The summed E-state index contributed by atoms with van der Waals surface area (Å²) < 4.78 is 0. The average Bonchev–Trinajstić information content (AvgIpc) is 2.93. The van der Waals surface area contributed by atoms with E-state index >= 15 is 0 Å². The monoisotopic (exact) mass is 342 g/mol. The number of hydrogen-bond acceptors (Lipinski definition) is 4. The Kier molecular flexibility index (Phi) is 6.23. The molecule has 3 N–H and O–H groups in total. The van der Waals surface area contributed by atoms with E-state index in [0.717, 1.165) is 46.9 Å². The smallest absolute Gasteiger partial charge is 0.249 e. The van der Waals surface area contributed by atoms with Crippen molar-refractivity contribution >= 4 is 23.0 Å². The van der Waals surface area contributed by atoms with Crippen molar-refractivity contribution in [2.24, 2.45) is 10.9 Å². The molecule has 5 nitrogen and oxygen atoms in total. The molecule has 0 bridgehead atoms. The number of carbonyl (C=O) groups is 1. The maximum absolute atomic E-state index is 12.2. The largest absolute Gasteiger partial charge is 0.397 e. The summed E-state index contributed by atoms with van der Waals surface area (Å²) >= 11 is 0. The maximum atomic E-state index is 12.2. The van der Waals surface area contributed by atoms with Gasteiger partial charge in [-0.15, -0.1) is 0 Å². The highest BCUT2D eigenvalue weighted by Gasteiger charge is 2.22. The van der Waals surface area contributed by atoms with Crippen LogP contribution in [0.2, 0.25) is 0 Å². The Labute approximate surface area is 151 Å². The average molecular weight is 342 g/mol. The number of amides is 1. The molecule has 1 aromatic carbocycles. The van der Waals surface area contributed by atoms with E-state index in [1.807, 2.05) is 32.0 Å². The third-order valence-corrected chi connectivity index (χ3v) is 4.30. The number of nitrogens with two attached hydrogens (primary N) is 1. The molecule has 1 heterocycles. The molecule has 25 heavy (non-hydrogen) atoms. The van der Waals surface area contributed by atoms with Gasteiger partial charge in [-0.25, -0.2) is 0 Å². The van der Waals surface area contributed by atoms with Gasteiger partial charge < -0.3 is 16.0 Å². The topological polar surface area (TPSA) is 70.7 Å². The molecule has 136 valence electrons. The predicted molar refractivity (Wildman–Crippen MR) is 106 cm³/mol. The van der Waals surface area contributed by atoms with Crippen molar-refractivity contribution < 1.29 is 4.79 Å². The lowest BCUT2D eigenvalue weighted by Crippen LogP contribution is -2.26. The van der Waals surface area contributed by atoms with Gasteiger partial charge in [0.1, 0.15) is 0 Å². The molecular formula is C20H30N4O. The minimum Gasteiger partial charge on any atom is -0.397 e. The normalized spacial score (nSPS) is 14.1. The fourth-order valence-electron chi connectivity index (χ4n) is 3.09. The second-order valence-electron chi connectivity index (χ2n) is 7.10. The van der Waals surface area contributed by atoms with Gasteiger partial charge in [0.15, 0.2) is 0 Å². The Balaban J connectivity index is 2.13. The van der Waals surface area contributed by atoms with Crippen molar-refractivity contribution in [1.82, 2.24) is 5.32 Å². The molecule has 0 unspecified atom stereocenters. The summed E-state index contributed by atoms with van der Waals surface area (Å²) in [6, 6.07) is 6.05. The van der Waals surface area contributed by atoms with Crippen LogP contribution in [0.1, 0.15) is 46.1 Å². The van der Waals surface area contributed by atoms with Gasteiger partial charge in [0.05, 0.1) is 17.1 Å². The number of rotatable bonds is 7. The van der Waals surface area contributed by atoms with E-state index in [1.54, 1.807) is 0 Å². The number of hydrogen-bond donors (Lipinski definition) is 2. The van der Waals surface area contributed by atoms with Crippen molar-refractivity contribution in [2.75, 3.05) is 30.8 Å². The van der Waals surface area contributed by atoms with Crippen molar-refractivity contribution in [3.8, 4) is 0 Å². The molecule has 0 aliphatic carbocycles. The van der Waals surface area contributed by atoms with Gasteiger partial charge in [0, 0.05) is 37.8 Å². The molecule has 1 aliphatic rings. The molecule has 0 saturated carbocycles. The zero-order valence-corrected chi connectivity index (χ0v) is 16.0. The summed E-state index contributed by atoms with van der Waals surface area (Å²) in [5.41, 5.74) is 11.5. The summed E-state index contributed by atoms with van der Waals surface area (Å²) in [5.74, 6) is 0.554. The number of nitrogens with zero attached hydrogens (tertiary/aromatic N) is 2. The van der Waals surface area contributed by atoms with E-state index in [2.05, 4.69) is 36.1 Å². The van der Waals surface area contributed by atoms with Crippen LogP contribution < -0.4 is 16.0 Å². The van der Waals surface area contributed by atoms with Crippen LogP contribution in [-0.4, -0.2) is 31.8 Å². The standard InChI is InChI=1S/C20H30N4O/c1-6-9-22-20(25)16-11-18(23-14(16)4)15-7-8-19(17(21)10-15)24(5)12-13(2)3/h7-8,10,13H,6,9,11-12,21H2,1-5H3,(H,22,25). The fourth-order valence-corrected chi connectivity index (χ4v) is 3.09. The van der Waals surface area contributed by atoms with E-state index in [0.29, 0.717) is 18.9 Å². The van der Waals surface area contributed by atoms with E-state index in [4.69, 9.17) is 5.73 Å². The lowest BCUT2D eigenvalue weighted by molar-refractivity contribution is -0.117. The molecule has 5 heteroatoms. The SMILES string of the molecule is CCCNC(=O)C1=C(C)N=C(c2ccc(N(C)CC(C)C)c(N)c2)C1. The lowest BCUT2D eigenvalue weighted by atomic mass is 10.0. The van der Waals surface area contributed by atoms with E-state index in [9.17, 15) is 4.79 Å². The minimum absolute atomic E-state index is 0.0145. The molecule has 0 aromatic heterocycles. The Bertz CT molecular complexity index is 704. The van der Waals surface area contributed by atoms with Gasteiger partial charge in [-0.05, 0) is 37.0 Å². The van der Waals surface area contributed by atoms with Crippen molar-refractivity contribution in [2.45, 2.75) is 40.5 Å². The number of nitrogen functional groups attached to an aromatic ring is 1. The maximum Gasteiger partial charge on any atom is 0.249 e. The van der Waals surface area contributed by atoms with E-state index in [1.165, 1.54) is 0 Å². The number of aliphatic imine (C=N–C) groups is 1. The highest BCUT2D eigenvalue weighted by atomic mass is 16.1. The Morgan fingerprint density at radius 1 is 1.40 bits per heavy atom. The zero-order valence-electron chi connectivity index (χ0n) is 16.0. The fraction of sp³-hybridized carbons (Fsp3) is 0.500. The Hall–Kier alpha value is -2.30. The number of benzene rings is 1. The Morgan fingerprint density at radius 3 is 2.72 bits per heavy atom. The van der Waals surface area contributed by atoms with Crippen LogP contribution >= 0.6 is 0 Å². The van der Waals surface area contributed by atoms with Crippen LogP contribution in [0.5, 0.6) is 0 Å². The molecule has 0 spiro atoms. The first kappa shape index (κ1) is 19.0. The van der Waals surface area contributed by atoms with Crippen LogP contribution in [0.25, 0.3) is 0 Å². The molecule has 0 fully saturated rings. The zero-order chi connectivity index (χ0) is 18.6. The van der Waals surface area contributed by atoms with E-state index < -0.39 is 0 Å². The van der Waals surface area contributed by atoms with Gasteiger partial charge in [-0.1, -0.05) is 26.8 Å². The summed E-state index contributed by atoms with van der Waals surface area (Å²) in [7, 11) is 2.06. The molecule has 1 amide bonds. The summed E-state index contributed by atoms with van der Waals surface area (Å²) in [6.07, 6.45) is 1.48. The number of anilines is 2. The van der Waals surface area contributed by atoms with Gasteiger partial charge in [0.25, 0.3) is 0 Å². The summed E-state index contributed by atoms with van der Waals surface area (Å²) in [5, 5.41) is 2.93. The van der Waals surface area contributed by atoms with Crippen molar-refractivity contribution in [3.05, 3.63) is 35.0 Å². The first-order chi connectivity index (χ1) is 11.8. The predicted octanol–water partition coefficient (Wildman–Crippen LogP) is 3.35. The van der Waals surface area contributed by atoms with Gasteiger partial charge in [-0.2, -0.15) is 0 Å². The quantitative estimate of drug-likeness (QED) is 0.747. The van der Waals surface area contributed by atoms with Crippen molar-refractivity contribution in [1.29, 1.82) is 0 Å². The molecular weight excluding hydrogens is 312 g/mol. The Morgan fingerprint density at radius 2 is 2.12 bits per heavy atom. The highest BCUT2D eigenvalue weighted by molar-refractivity contribution is 6.11. The molecule has 1 aromatic rings. The van der Waals surface area contributed by atoms with Crippen LogP contribution in [0.15, 0.2) is 34.5 Å². The van der Waals surface area contributed by atoms with Gasteiger partial charge in [0.2, 0.25) is 5.91 Å². The summed E-state index contributed by atoms with van der Waals surface area (Å²) in [6.45, 7) is 9.95. The molecule has 0 atom stereocenters. The molecule has 0 saturated heterocycles.